The van der Waals surface area contributed by atoms with Crippen molar-refractivity contribution in [3.63, 3.8) is 0 Å². The number of nitrogens with one attached hydrogen (secondary N) is 2. The number of rotatable bonds is 8. The van der Waals surface area contributed by atoms with Crippen molar-refractivity contribution in [1.82, 2.24) is 14.8 Å². The standard InChI is InChI=1S/C27H30F6N4/c1-15-8-20-19-5-4-16(29)9-23(19)35-25(20)26(37(15)14-27(2,32)33)24-21(30)10-17(11-22(24)31)34-18-12-36(13-18)7-3-6-28/h4-5,9-11,15,18,26,34-35H,3,6-8,12-14H2,1-2H3/t15-,26-/m1/s1. The van der Waals surface area contributed by atoms with E-state index >= 15 is 8.78 Å². The van der Waals surface area contributed by atoms with Gasteiger partial charge in [-0.25, -0.2) is 22.0 Å². The van der Waals surface area contributed by atoms with Crippen LogP contribution in [0.4, 0.5) is 32.0 Å². The van der Waals surface area contributed by atoms with Crippen LogP contribution in [-0.4, -0.2) is 65.6 Å². The summed E-state index contributed by atoms with van der Waals surface area (Å²) in [6.45, 7) is 3.35. The number of benzene rings is 2. The summed E-state index contributed by atoms with van der Waals surface area (Å²) in [7, 11) is 0. The highest BCUT2D eigenvalue weighted by Gasteiger charge is 2.42. The number of aromatic amines is 1. The van der Waals surface area contributed by atoms with Gasteiger partial charge in [-0.05, 0) is 55.7 Å². The van der Waals surface area contributed by atoms with Crippen molar-refractivity contribution in [2.75, 3.05) is 38.2 Å². The van der Waals surface area contributed by atoms with Gasteiger partial charge in [-0.15, -0.1) is 0 Å². The van der Waals surface area contributed by atoms with Crippen molar-refractivity contribution in [2.45, 2.75) is 50.7 Å². The molecule has 4 nitrogen and oxygen atoms in total. The molecule has 1 saturated heterocycles. The van der Waals surface area contributed by atoms with Crippen molar-refractivity contribution in [3.05, 3.63) is 64.6 Å². The van der Waals surface area contributed by atoms with Gasteiger partial charge in [0.25, 0.3) is 5.92 Å². The van der Waals surface area contributed by atoms with Crippen LogP contribution in [0.15, 0.2) is 30.3 Å². The van der Waals surface area contributed by atoms with E-state index in [0.29, 0.717) is 49.1 Å². The molecule has 0 bridgehead atoms. The molecule has 5 rings (SSSR count). The van der Waals surface area contributed by atoms with Gasteiger partial charge in [0.15, 0.2) is 0 Å². The first-order valence-corrected chi connectivity index (χ1v) is 12.5. The maximum Gasteiger partial charge on any atom is 0.257 e. The van der Waals surface area contributed by atoms with E-state index in [0.717, 1.165) is 12.5 Å². The van der Waals surface area contributed by atoms with E-state index in [-0.39, 0.29) is 24.0 Å². The largest absolute Gasteiger partial charge is 0.380 e. The van der Waals surface area contributed by atoms with Crippen molar-refractivity contribution in [2.24, 2.45) is 0 Å². The number of fused-ring (bicyclic) bond motifs is 3. The summed E-state index contributed by atoms with van der Waals surface area (Å²) in [5.74, 6) is -5.28. The Balaban J connectivity index is 1.51. The van der Waals surface area contributed by atoms with Gasteiger partial charge in [0, 0.05) is 60.4 Å². The number of hydrogen-bond acceptors (Lipinski definition) is 3. The number of H-pyrrole nitrogens is 1. The number of alkyl halides is 3. The van der Waals surface area contributed by atoms with Crippen LogP contribution in [0.3, 0.4) is 0 Å². The molecule has 2 aliphatic rings. The van der Waals surface area contributed by atoms with Crippen molar-refractivity contribution >= 4 is 16.6 Å². The molecule has 2 atom stereocenters. The lowest BCUT2D eigenvalue weighted by molar-refractivity contribution is -0.0374. The Kier molecular flexibility index (Phi) is 6.91. The minimum absolute atomic E-state index is 0.0237. The Labute approximate surface area is 211 Å². The molecule has 10 heteroatoms. The molecule has 0 saturated carbocycles. The van der Waals surface area contributed by atoms with Crippen LogP contribution >= 0.6 is 0 Å². The van der Waals surface area contributed by atoms with E-state index in [4.69, 9.17) is 0 Å². The molecule has 2 N–H and O–H groups in total. The van der Waals surface area contributed by atoms with Gasteiger partial charge in [-0.2, -0.15) is 0 Å². The van der Waals surface area contributed by atoms with E-state index in [2.05, 4.69) is 10.3 Å². The molecule has 2 aromatic carbocycles. The molecule has 1 fully saturated rings. The fourth-order valence-electron chi connectivity index (χ4n) is 5.70. The van der Waals surface area contributed by atoms with Crippen LogP contribution in [0, 0.1) is 17.5 Å². The van der Waals surface area contributed by atoms with Gasteiger partial charge in [0.05, 0.1) is 25.3 Å². The van der Waals surface area contributed by atoms with Gasteiger partial charge < -0.3 is 10.3 Å². The topological polar surface area (TPSA) is 34.3 Å². The third kappa shape index (κ3) is 5.18. The summed E-state index contributed by atoms with van der Waals surface area (Å²) in [5.41, 5.74) is 1.52. The molecule has 37 heavy (non-hydrogen) atoms. The molecule has 200 valence electrons. The fourth-order valence-corrected chi connectivity index (χ4v) is 5.70. The second-order valence-electron chi connectivity index (χ2n) is 10.4. The van der Waals surface area contributed by atoms with Crippen molar-refractivity contribution in [3.8, 4) is 0 Å². The maximum absolute atomic E-state index is 15.6. The van der Waals surface area contributed by atoms with Crippen LogP contribution in [0.25, 0.3) is 10.9 Å². The minimum Gasteiger partial charge on any atom is -0.380 e. The predicted octanol–water partition coefficient (Wildman–Crippen LogP) is 6.03. The SMILES string of the molecule is C[C@@H]1Cc2c([nH]c3cc(F)ccc23)[C@@H](c2c(F)cc(NC3CN(CCCF)C3)cc2F)N1CC(C)(F)F. The van der Waals surface area contributed by atoms with Crippen molar-refractivity contribution < 1.29 is 26.3 Å². The lowest BCUT2D eigenvalue weighted by atomic mass is 9.87. The van der Waals surface area contributed by atoms with Crippen LogP contribution in [0.1, 0.15) is 43.1 Å². The van der Waals surface area contributed by atoms with E-state index in [1.807, 2.05) is 4.90 Å². The quantitative estimate of drug-likeness (QED) is 0.353. The number of halogens is 6. The zero-order valence-corrected chi connectivity index (χ0v) is 20.7. The lowest BCUT2D eigenvalue weighted by Crippen LogP contribution is -2.54. The summed E-state index contributed by atoms with van der Waals surface area (Å²) in [6.07, 6.45) is 0.817. The third-order valence-corrected chi connectivity index (χ3v) is 7.32. The number of hydrogen-bond donors (Lipinski definition) is 2. The monoisotopic (exact) mass is 524 g/mol. The molecular formula is C27H30F6N4. The lowest BCUT2D eigenvalue weighted by Gasteiger charge is -2.42. The summed E-state index contributed by atoms with van der Waals surface area (Å²) >= 11 is 0. The molecule has 0 radical (unpaired) electrons. The summed E-state index contributed by atoms with van der Waals surface area (Å²) in [6, 6.07) is 4.96. The predicted molar refractivity (Wildman–Crippen MR) is 131 cm³/mol. The number of likely N-dealkylation sites (tertiary alicyclic amines) is 1. The number of aromatic nitrogens is 1. The van der Waals surface area contributed by atoms with Crippen LogP contribution < -0.4 is 5.32 Å². The average Bonchev–Trinajstić information content (AvgIpc) is 3.12. The Bertz CT molecular complexity index is 1260. The summed E-state index contributed by atoms with van der Waals surface area (Å²) < 4.78 is 86.0. The second kappa shape index (κ2) is 9.87. The normalized spacial score (nSPS) is 21.3. The van der Waals surface area contributed by atoms with Gasteiger partial charge in [0.1, 0.15) is 17.5 Å². The molecule has 0 unspecified atom stereocenters. The molecule has 3 heterocycles. The highest BCUT2D eigenvalue weighted by atomic mass is 19.3. The number of anilines is 1. The van der Waals surface area contributed by atoms with E-state index in [9.17, 15) is 17.6 Å². The molecular weight excluding hydrogens is 494 g/mol. The molecule has 2 aliphatic heterocycles. The van der Waals surface area contributed by atoms with Gasteiger partial charge >= 0.3 is 0 Å². The Hall–Kier alpha value is -2.72. The summed E-state index contributed by atoms with van der Waals surface area (Å²) in [4.78, 5) is 6.54. The summed E-state index contributed by atoms with van der Waals surface area (Å²) in [5, 5.41) is 3.81. The van der Waals surface area contributed by atoms with Crippen LogP contribution in [0.2, 0.25) is 0 Å². The molecule has 1 aromatic heterocycles. The first-order chi connectivity index (χ1) is 17.5. The highest BCUT2D eigenvalue weighted by Crippen LogP contribution is 2.44. The minimum atomic E-state index is -3.10. The Morgan fingerprint density at radius 3 is 2.43 bits per heavy atom. The first kappa shape index (κ1) is 25.9. The Morgan fingerprint density at radius 1 is 1.08 bits per heavy atom. The van der Waals surface area contributed by atoms with Gasteiger partial charge in [-0.1, -0.05) is 0 Å². The zero-order chi connectivity index (χ0) is 26.5. The van der Waals surface area contributed by atoms with E-state index < -0.39 is 42.0 Å². The van der Waals surface area contributed by atoms with Crippen LogP contribution in [-0.2, 0) is 6.42 Å². The van der Waals surface area contributed by atoms with Gasteiger partial charge in [0.2, 0.25) is 0 Å². The molecule has 0 spiro atoms. The maximum atomic E-state index is 15.6. The Morgan fingerprint density at radius 2 is 1.78 bits per heavy atom. The third-order valence-electron chi connectivity index (χ3n) is 7.32. The molecule has 0 aliphatic carbocycles. The van der Waals surface area contributed by atoms with Crippen LogP contribution in [0.5, 0.6) is 0 Å². The average molecular weight is 525 g/mol. The first-order valence-electron chi connectivity index (χ1n) is 12.5. The zero-order valence-electron chi connectivity index (χ0n) is 20.7. The van der Waals surface area contributed by atoms with Gasteiger partial charge in [-0.3, -0.25) is 14.2 Å². The molecule has 3 aromatic rings. The smallest absolute Gasteiger partial charge is 0.257 e. The number of nitrogens with zero attached hydrogens (tertiary/aromatic N) is 2. The second-order valence-corrected chi connectivity index (χ2v) is 10.4. The fraction of sp³-hybridized carbons (Fsp3) is 0.481. The molecule has 0 amide bonds. The van der Waals surface area contributed by atoms with Crippen molar-refractivity contribution in [1.29, 1.82) is 0 Å². The van der Waals surface area contributed by atoms with E-state index in [1.165, 1.54) is 29.2 Å². The van der Waals surface area contributed by atoms with E-state index in [1.54, 1.807) is 13.0 Å². The highest BCUT2D eigenvalue weighted by molar-refractivity contribution is 5.85.